The molecule has 0 saturated heterocycles. The van der Waals surface area contributed by atoms with Crippen molar-refractivity contribution in [1.29, 1.82) is 0 Å². The maximum absolute atomic E-state index is 14.0. The van der Waals surface area contributed by atoms with Gasteiger partial charge in [0.2, 0.25) is 0 Å². The first kappa shape index (κ1) is 17.7. The Morgan fingerprint density at radius 1 is 0.952 bits per heavy atom. The zero-order valence-corrected chi connectivity index (χ0v) is 11.8. The summed E-state index contributed by atoms with van der Waals surface area (Å²) in [4.78, 5) is 1.32. The monoisotopic (exact) mass is 313 g/mol. The Balaban J connectivity index is 3.37. The number of unbranched alkanes of at least 4 members (excludes halogenated alkanes) is 1. The van der Waals surface area contributed by atoms with Crippen LogP contribution >= 0.6 is 0 Å². The highest BCUT2D eigenvalue weighted by atomic mass is 19.4. The number of hydrogen-bond acceptors (Lipinski definition) is 1. The average Bonchev–Trinajstić information content (AvgIpc) is 2.37. The third-order valence-corrected chi connectivity index (χ3v) is 3.04. The van der Waals surface area contributed by atoms with Gasteiger partial charge in [0.05, 0.1) is 5.69 Å². The molecule has 0 fully saturated rings. The Morgan fingerprint density at radius 2 is 1.57 bits per heavy atom. The van der Waals surface area contributed by atoms with Crippen molar-refractivity contribution in [2.45, 2.75) is 39.3 Å². The minimum Gasteiger partial charge on any atom is -0.369 e. The molecule has 0 aliphatic carbocycles. The summed E-state index contributed by atoms with van der Waals surface area (Å²) in [5.41, 5.74) is -2.72. The van der Waals surface area contributed by atoms with Gasteiger partial charge in [0.1, 0.15) is 5.56 Å². The molecule has 7 heteroatoms. The third-order valence-electron chi connectivity index (χ3n) is 3.04. The van der Waals surface area contributed by atoms with Crippen LogP contribution in [-0.4, -0.2) is 13.1 Å². The number of benzene rings is 1. The zero-order chi connectivity index (χ0) is 16.2. The third kappa shape index (κ3) is 4.04. The van der Waals surface area contributed by atoms with Gasteiger partial charge in [-0.25, -0.2) is 13.2 Å². The molecule has 0 spiro atoms. The molecule has 1 aromatic carbocycles. The summed E-state index contributed by atoms with van der Waals surface area (Å²) in [5, 5.41) is 0. The van der Waals surface area contributed by atoms with Gasteiger partial charge in [-0.2, -0.15) is 13.2 Å². The molecule has 21 heavy (non-hydrogen) atoms. The number of anilines is 1. The maximum atomic E-state index is 14.0. The molecule has 0 heterocycles. The fraction of sp³-hybridized carbons (Fsp3) is 0.571. The lowest BCUT2D eigenvalue weighted by molar-refractivity contribution is -0.142. The molecule has 0 N–H and O–H groups in total. The van der Waals surface area contributed by atoms with Gasteiger partial charge < -0.3 is 4.90 Å². The van der Waals surface area contributed by atoms with E-state index in [1.807, 2.05) is 6.92 Å². The smallest absolute Gasteiger partial charge is 0.369 e. The van der Waals surface area contributed by atoms with Crippen LogP contribution in [0.25, 0.3) is 0 Å². The molecule has 0 unspecified atom stereocenters. The second-order valence-electron chi connectivity index (χ2n) is 4.72. The van der Waals surface area contributed by atoms with Crippen molar-refractivity contribution in [3.63, 3.8) is 0 Å². The van der Waals surface area contributed by atoms with Gasteiger partial charge in [-0.1, -0.05) is 20.3 Å². The van der Waals surface area contributed by atoms with E-state index in [2.05, 4.69) is 0 Å². The highest BCUT2D eigenvalue weighted by Crippen LogP contribution is 2.38. The first-order valence-corrected chi connectivity index (χ1v) is 6.73. The first-order valence-electron chi connectivity index (χ1n) is 6.73. The van der Waals surface area contributed by atoms with E-state index >= 15 is 0 Å². The van der Waals surface area contributed by atoms with Crippen LogP contribution in [0, 0.1) is 17.5 Å². The van der Waals surface area contributed by atoms with Gasteiger partial charge in [0.15, 0.2) is 17.5 Å². The molecule has 1 aromatic rings. The number of hydrogen-bond donors (Lipinski definition) is 0. The number of halogens is 6. The van der Waals surface area contributed by atoms with Crippen molar-refractivity contribution in [2.24, 2.45) is 0 Å². The molecule has 0 bridgehead atoms. The van der Waals surface area contributed by atoms with Crippen molar-refractivity contribution >= 4 is 5.69 Å². The van der Waals surface area contributed by atoms with E-state index < -0.39 is 34.9 Å². The van der Waals surface area contributed by atoms with Gasteiger partial charge in [-0.15, -0.1) is 0 Å². The minimum atomic E-state index is -5.28. The van der Waals surface area contributed by atoms with Gasteiger partial charge in [-0.05, 0) is 12.8 Å². The van der Waals surface area contributed by atoms with E-state index in [0.29, 0.717) is 18.9 Å². The normalized spacial score (nSPS) is 11.8. The van der Waals surface area contributed by atoms with Gasteiger partial charge in [-0.3, -0.25) is 0 Å². The Hall–Kier alpha value is -1.40. The van der Waals surface area contributed by atoms with Crippen LogP contribution in [0.2, 0.25) is 0 Å². The zero-order valence-electron chi connectivity index (χ0n) is 11.8. The molecule has 0 aromatic heterocycles. The predicted molar refractivity (Wildman–Crippen MR) is 68.7 cm³/mol. The standard InChI is InChI=1S/C14H17F6N/c1-3-5-7-21(6-4-2)10-8-9(15)12(16)11(13(10)17)14(18,19)20/h8H,3-7H2,1-2H3. The molecular weight excluding hydrogens is 296 g/mol. The Morgan fingerprint density at radius 3 is 2.05 bits per heavy atom. The largest absolute Gasteiger partial charge is 0.422 e. The highest BCUT2D eigenvalue weighted by Gasteiger charge is 2.41. The quantitative estimate of drug-likeness (QED) is 0.519. The summed E-state index contributed by atoms with van der Waals surface area (Å²) in [7, 11) is 0. The van der Waals surface area contributed by atoms with Gasteiger partial charge >= 0.3 is 6.18 Å². The maximum Gasteiger partial charge on any atom is 0.422 e. The van der Waals surface area contributed by atoms with Crippen LogP contribution in [0.5, 0.6) is 0 Å². The van der Waals surface area contributed by atoms with Crippen molar-refractivity contribution in [1.82, 2.24) is 0 Å². The molecule has 0 amide bonds. The fourth-order valence-electron chi connectivity index (χ4n) is 2.04. The molecule has 120 valence electrons. The number of alkyl halides is 3. The Labute approximate surface area is 119 Å². The molecular formula is C14H17F6N. The van der Waals surface area contributed by atoms with Crippen LogP contribution in [0.15, 0.2) is 6.07 Å². The summed E-state index contributed by atoms with van der Waals surface area (Å²) in [6.07, 6.45) is -3.38. The SMILES string of the molecule is CCCCN(CCC)c1cc(F)c(F)c(C(F)(F)F)c1F. The lowest BCUT2D eigenvalue weighted by atomic mass is 10.1. The average molecular weight is 313 g/mol. The Kier molecular flexibility index (Phi) is 5.92. The van der Waals surface area contributed by atoms with E-state index in [4.69, 9.17) is 0 Å². The van der Waals surface area contributed by atoms with E-state index in [9.17, 15) is 26.3 Å². The molecule has 0 aliphatic rings. The molecule has 0 atom stereocenters. The van der Waals surface area contributed by atoms with Crippen LogP contribution in [-0.2, 0) is 6.18 Å². The number of rotatable bonds is 6. The lowest BCUT2D eigenvalue weighted by Crippen LogP contribution is -2.28. The highest BCUT2D eigenvalue weighted by molar-refractivity contribution is 5.52. The van der Waals surface area contributed by atoms with Crippen LogP contribution in [0.1, 0.15) is 38.7 Å². The molecule has 0 saturated carbocycles. The van der Waals surface area contributed by atoms with Gasteiger partial charge in [0, 0.05) is 19.2 Å². The van der Waals surface area contributed by atoms with Crippen LogP contribution in [0.3, 0.4) is 0 Å². The van der Waals surface area contributed by atoms with Gasteiger partial charge in [0.25, 0.3) is 0 Å². The molecule has 0 aliphatic heterocycles. The van der Waals surface area contributed by atoms with E-state index in [1.165, 1.54) is 4.90 Å². The summed E-state index contributed by atoms with van der Waals surface area (Å²) in [5.74, 6) is -5.65. The fourth-order valence-corrected chi connectivity index (χ4v) is 2.04. The summed E-state index contributed by atoms with van der Waals surface area (Å²) < 4.78 is 78.8. The minimum absolute atomic E-state index is 0.263. The molecule has 0 radical (unpaired) electrons. The molecule has 1 nitrogen and oxygen atoms in total. The lowest BCUT2D eigenvalue weighted by Gasteiger charge is -2.26. The summed E-state index contributed by atoms with van der Waals surface area (Å²) in [6, 6.07) is 0.491. The first-order chi connectivity index (χ1) is 9.73. The van der Waals surface area contributed by atoms with Crippen LogP contribution in [0.4, 0.5) is 32.0 Å². The van der Waals surface area contributed by atoms with E-state index in [1.54, 1.807) is 6.92 Å². The van der Waals surface area contributed by atoms with E-state index in [0.717, 1.165) is 6.42 Å². The van der Waals surface area contributed by atoms with Crippen LogP contribution < -0.4 is 4.90 Å². The van der Waals surface area contributed by atoms with Crippen molar-refractivity contribution < 1.29 is 26.3 Å². The second-order valence-corrected chi connectivity index (χ2v) is 4.72. The summed E-state index contributed by atoms with van der Waals surface area (Å²) >= 11 is 0. The summed E-state index contributed by atoms with van der Waals surface area (Å²) in [6.45, 7) is 4.18. The van der Waals surface area contributed by atoms with Crippen molar-refractivity contribution in [2.75, 3.05) is 18.0 Å². The Bertz CT molecular complexity index is 483. The van der Waals surface area contributed by atoms with Crippen molar-refractivity contribution in [3.05, 3.63) is 29.1 Å². The molecule has 1 rings (SSSR count). The predicted octanol–water partition coefficient (Wildman–Crippen LogP) is 5.14. The second kappa shape index (κ2) is 7.04. The van der Waals surface area contributed by atoms with E-state index in [-0.39, 0.29) is 13.1 Å². The van der Waals surface area contributed by atoms with Crippen molar-refractivity contribution in [3.8, 4) is 0 Å². The topological polar surface area (TPSA) is 3.24 Å². The number of nitrogens with zero attached hydrogens (tertiary/aromatic N) is 1.